The first-order valence-corrected chi connectivity index (χ1v) is 6.19. The molecule has 0 atom stereocenters. The highest BCUT2D eigenvalue weighted by molar-refractivity contribution is 5.98. The van der Waals surface area contributed by atoms with E-state index in [1.165, 1.54) is 0 Å². The van der Waals surface area contributed by atoms with Gasteiger partial charge in [0.15, 0.2) is 0 Å². The Morgan fingerprint density at radius 1 is 1.29 bits per heavy atom. The summed E-state index contributed by atoms with van der Waals surface area (Å²) in [6.45, 7) is 0.288. The second kappa shape index (κ2) is 6.56. The van der Waals surface area contributed by atoms with E-state index in [4.69, 9.17) is 0 Å². The van der Waals surface area contributed by atoms with Crippen molar-refractivity contribution in [3.63, 3.8) is 0 Å². The Hall–Kier alpha value is -2.83. The van der Waals surface area contributed by atoms with Gasteiger partial charge in [0.1, 0.15) is 11.4 Å². The third-order valence-electron chi connectivity index (χ3n) is 2.85. The van der Waals surface area contributed by atoms with Crippen LogP contribution < -0.4 is 5.32 Å². The molecule has 1 N–H and O–H groups in total. The highest BCUT2D eigenvalue weighted by Gasteiger charge is 2.20. The molecule has 0 fully saturated rings. The van der Waals surface area contributed by atoms with E-state index in [0.717, 1.165) is 23.8 Å². The topological polar surface area (TPSA) is 85.1 Å². The minimum atomic E-state index is -0.711. The number of rotatable bonds is 5. The lowest BCUT2D eigenvalue weighted by molar-refractivity contribution is -0.385. The molecule has 1 amide bonds. The van der Waals surface area contributed by atoms with Gasteiger partial charge in [-0.25, -0.2) is 4.39 Å². The van der Waals surface area contributed by atoms with Crippen LogP contribution in [0.5, 0.6) is 0 Å². The van der Waals surface area contributed by atoms with Crippen molar-refractivity contribution in [2.45, 2.75) is 6.42 Å². The van der Waals surface area contributed by atoms with E-state index in [1.807, 2.05) is 0 Å². The number of hydrogen-bond acceptors (Lipinski definition) is 4. The number of hydrogen-bond donors (Lipinski definition) is 1. The molecule has 0 unspecified atom stereocenters. The van der Waals surface area contributed by atoms with Crippen LogP contribution in [0.4, 0.5) is 10.1 Å². The molecule has 6 nitrogen and oxygen atoms in total. The van der Waals surface area contributed by atoms with Gasteiger partial charge in [0.05, 0.1) is 4.92 Å². The monoisotopic (exact) mass is 289 g/mol. The Morgan fingerprint density at radius 2 is 2.00 bits per heavy atom. The lowest BCUT2D eigenvalue weighted by Crippen LogP contribution is -2.26. The summed E-state index contributed by atoms with van der Waals surface area (Å²) >= 11 is 0. The van der Waals surface area contributed by atoms with Crippen molar-refractivity contribution in [2.24, 2.45) is 0 Å². The molecule has 0 aliphatic rings. The summed E-state index contributed by atoms with van der Waals surface area (Å²) in [4.78, 5) is 25.9. The molecule has 0 saturated carbocycles. The number of carbonyl (C=O) groups excluding carboxylic acids is 1. The van der Waals surface area contributed by atoms with Crippen molar-refractivity contribution in [1.82, 2.24) is 10.3 Å². The van der Waals surface area contributed by atoms with Crippen LogP contribution in [0.2, 0.25) is 0 Å². The quantitative estimate of drug-likeness (QED) is 0.674. The van der Waals surface area contributed by atoms with E-state index < -0.39 is 22.3 Å². The van der Waals surface area contributed by atoms with Gasteiger partial charge >= 0.3 is 0 Å². The highest BCUT2D eigenvalue weighted by atomic mass is 19.1. The maximum absolute atomic E-state index is 13.1. The zero-order valence-corrected chi connectivity index (χ0v) is 11.0. The van der Waals surface area contributed by atoms with Crippen LogP contribution in [0.1, 0.15) is 15.9 Å². The number of carbonyl (C=O) groups is 1. The van der Waals surface area contributed by atoms with Gasteiger partial charge in [-0.3, -0.25) is 19.9 Å². The molecule has 108 valence electrons. The number of nitrogens with zero attached hydrogens (tertiary/aromatic N) is 2. The van der Waals surface area contributed by atoms with Crippen molar-refractivity contribution in [2.75, 3.05) is 6.54 Å². The number of nitro groups is 1. The number of aromatic nitrogens is 1. The van der Waals surface area contributed by atoms with E-state index in [-0.39, 0.29) is 12.1 Å². The van der Waals surface area contributed by atoms with Crippen LogP contribution in [0.15, 0.2) is 42.7 Å². The number of nitro benzene ring substituents is 1. The predicted octanol–water partition coefficient (Wildman–Crippen LogP) is 2.10. The summed E-state index contributed by atoms with van der Waals surface area (Å²) in [5, 5.41) is 13.4. The lowest BCUT2D eigenvalue weighted by atomic mass is 10.1. The molecule has 1 heterocycles. The van der Waals surface area contributed by atoms with E-state index in [1.54, 1.807) is 24.5 Å². The fraction of sp³-hybridized carbons (Fsp3) is 0.143. The Morgan fingerprint density at radius 3 is 2.67 bits per heavy atom. The van der Waals surface area contributed by atoms with Crippen LogP contribution >= 0.6 is 0 Å². The van der Waals surface area contributed by atoms with Gasteiger partial charge in [-0.15, -0.1) is 0 Å². The van der Waals surface area contributed by atoms with Crippen molar-refractivity contribution in [3.05, 3.63) is 69.8 Å². The molecule has 0 spiro atoms. The molecular formula is C14H12FN3O3. The third-order valence-corrected chi connectivity index (χ3v) is 2.85. The molecule has 0 bridgehead atoms. The van der Waals surface area contributed by atoms with Crippen molar-refractivity contribution >= 4 is 11.6 Å². The summed E-state index contributed by atoms with van der Waals surface area (Å²) in [6.07, 6.45) is 3.82. The molecule has 0 saturated heterocycles. The van der Waals surface area contributed by atoms with Gasteiger partial charge in [-0.1, -0.05) is 0 Å². The SMILES string of the molecule is O=C(NCCc1ccncc1)c1cc(F)ccc1[N+](=O)[O-]. The standard InChI is InChI=1S/C14H12FN3O3/c15-11-1-2-13(18(20)21)12(9-11)14(19)17-8-5-10-3-6-16-7-4-10/h1-4,6-7,9H,5,8H2,(H,17,19). The van der Waals surface area contributed by atoms with E-state index in [2.05, 4.69) is 10.3 Å². The van der Waals surface area contributed by atoms with Gasteiger partial charge in [-0.05, 0) is 36.2 Å². The normalized spacial score (nSPS) is 10.1. The number of benzene rings is 1. The van der Waals surface area contributed by atoms with E-state index in [0.29, 0.717) is 6.42 Å². The molecule has 1 aromatic carbocycles. The minimum absolute atomic E-state index is 0.283. The van der Waals surface area contributed by atoms with Crippen LogP contribution in [-0.4, -0.2) is 22.4 Å². The second-order valence-corrected chi connectivity index (χ2v) is 4.28. The number of nitrogens with one attached hydrogen (secondary N) is 1. The van der Waals surface area contributed by atoms with Crippen LogP contribution in [0, 0.1) is 15.9 Å². The molecule has 2 rings (SSSR count). The Bertz CT molecular complexity index is 662. The van der Waals surface area contributed by atoms with E-state index >= 15 is 0 Å². The molecule has 1 aromatic heterocycles. The lowest BCUT2D eigenvalue weighted by Gasteiger charge is -2.06. The largest absolute Gasteiger partial charge is 0.351 e. The molecule has 2 aromatic rings. The fourth-order valence-electron chi connectivity index (χ4n) is 1.81. The maximum Gasteiger partial charge on any atom is 0.282 e. The zero-order chi connectivity index (χ0) is 15.2. The minimum Gasteiger partial charge on any atom is -0.351 e. The molecule has 21 heavy (non-hydrogen) atoms. The van der Waals surface area contributed by atoms with Crippen LogP contribution in [0.25, 0.3) is 0 Å². The summed E-state index contributed by atoms with van der Waals surface area (Å²) in [5.41, 5.74) is 0.270. The van der Waals surface area contributed by atoms with Gasteiger partial charge in [-0.2, -0.15) is 0 Å². The average molecular weight is 289 g/mol. The Balaban J connectivity index is 2.03. The summed E-state index contributed by atoms with van der Waals surface area (Å²) < 4.78 is 13.1. The van der Waals surface area contributed by atoms with Crippen molar-refractivity contribution in [3.8, 4) is 0 Å². The van der Waals surface area contributed by atoms with Crippen LogP contribution in [-0.2, 0) is 6.42 Å². The van der Waals surface area contributed by atoms with Gasteiger partial charge in [0.2, 0.25) is 0 Å². The predicted molar refractivity (Wildman–Crippen MR) is 73.3 cm³/mol. The van der Waals surface area contributed by atoms with Crippen molar-refractivity contribution < 1.29 is 14.1 Å². The van der Waals surface area contributed by atoms with Crippen LogP contribution in [0.3, 0.4) is 0 Å². The highest BCUT2D eigenvalue weighted by Crippen LogP contribution is 2.19. The van der Waals surface area contributed by atoms with Crippen molar-refractivity contribution in [1.29, 1.82) is 0 Å². The molecule has 0 aliphatic carbocycles. The second-order valence-electron chi connectivity index (χ2n) is 4.28. The van der Waals surface area contributed by atoms with Gasteiger partial charge in [0, 0.05) is 25.0 Å². The van der Waals surface area contributed by atoms with E-state index in [9.17, 15) is 19.3 Å². The van der Waals surface area contributed by atoms with Gasteiger partial charge < -0.3 is 5.32 Å². The zero-order valence-electron chi connectivity index (χ0n) is 11.0. The maximum atomic E-state index is 13.1. The smallest absolute Gasteiger partial charge is 0.282 e. The molecule has 0 aliphatic heterocycles. The van der Waals surface area contributed by atoms with Gasteiger partial charge in [0.25, 0.3) is 11.6 Å². The number of amides is 1. The Kier molecular flexibility index (Phi) is 4.55. The third kappa shape index (κ3) is 3.82. The first-order chi connectivity index (χ1) is 10.1. The first kappa shape index (κ1) is 14.6. The summed E-state index contributed by atoms with van der Waals surface area (Å²) in [5.74, 6) is -1.37. The average Bonchev–Trinajstić information content (AvgIpc) is 2.47. The molecule has 0 radical (unpaired) electrons. The first-order valence-electron chi connectivity index (χ1n) is 6.19. The molecular weight excluding hydrogens is 277 g/mol. The number of pyridine rings is 1. The molecule has 7 heteroatoms. The summed E-state index contributed by atoms with van der Waals surface area (Å²) in [7, 11) is 0. The number of halogens is 1. The summed E-state index contributed by atoms with van der Waals surface area (Å²) in [6, 6.07) is 6.40. The fourth-order valence-corrected chi connectivity index (χ4v) is 1.81. The Labute approximate surface area is 119 Å².